The normalized spacial score (nSPS) is 11.0. The van der Waals surface area contributed by atoms with Crippen molar-refractivity contribution in [2.24, 2.45) is 0 Å². The maximum atomic E-state index is 13.4. The number of benzene rings is 3. The average Bonchev–Trinajstić information content (AvgIpc) is 2.84. The molecule has 11 heteroatoms. The van der Waals surface area contributed by atoms with E-state index >= 15 is 0 Å². The summed E-state index contributed by atoms with van der Waals surface area (Å²) < 4.78 is 47.1. The second-order valence-corrected chi connectivity index (χ2v) is 9.87. The van der Waals surface area contributed by atoms with Crippen molar-refractivity contribution in [1.82, 2.24) is 15.4 Å². The minimum atomic E-state index is -4.05. The number of thiocarbonyl (C=S) groups is 1. The van der Waals surface area contributed by atoms with Crippen LogP contribution in [0.4, 0.5) is 4.39 Å². The van der Waals surface area contributed by atoms with Crippen LogP contribution in [0.5, 0.6) is 5.75 Å². The fourth-order valence-corrected chi connectivity index (χ4v) is 5.05. The SMILES string of the molecule is CNC(=S)NS(=O)(=O)c1cc(CCNC(=O)c2cc(Cl)ccc2OC)ccc1-c1ccc(F)cc1. The molecule has 0 radical (unpaired) electrons. The fourth-order valence-electron chi connectivity index (χ4n) is 3.31. The van der Waals surface area contributed by atoms with E-state index in [0.717, 1.165) is 0 Å². The van der Waals surface area contributed by atoms with E-state index in [-0.39, 0.29) is 22.5 Å². The number of nitrogens with one attached hydrogen (secondary N) is 3. The van der Waals surface area contributed by atoms with Crippen molar-refractivity contribution >= 4 is 44.9 Å². The van der Waals surface area contributed by atoms with E-state index in [2.05, 4.69) is 15.4 Å². The Labute approximate surface area is 213 Å². The first-order chi connectivity index (χ1) is 16.6. The monoisotopic (exact) mass is 535 g/mol. The summed E-state index contributed by atoms with van der Waals surface area (Å²) in [6.07, 6.45) is 0.345. The third-order valence-corrected chi connectivity index (χ3v) is 7.11. The highest BCUT2D eigenvalue weighted by atomic mass is 35.5. The molecule has 0 heterocycles. The molecule has 3 rings (SSSR count). The Kier molecular flexibility index (Phi) is 8.66. The Balaban J connectivity index is 1.86. The van der Waals surface area contributed by atoms with E-state index in [1.807, 2.05) is 0 Å². The molecule has 0 aliphatic rings. The minimum absolute atomic E-state index is 0.0259. The fraction of sp³-hybridized carbons (Fsp3) is 0.167. The number of carbonyl (C=O) groups is 1. The number of amides is 1. The topological polar surface area (TPSA) is 96.5 Å². The summed E-state index contributed by atoms with van der Waals surface area (Å²) in [6, 6.07) is 15.1. The number of rotatable bonds is 8. The molecule has 0 saturated carbocycles. The summed E-state index contributed by atoms with van der Waals surface area (Å²) in [6.45, 7) is 0.228. The highest BCUT2D eigenvalue weighted by molar-refractivity contribution is 7.92. The molecule has 35 heavy (non-hydrogen) atoms. The van der Waals surface area contributed by atoms with Crippen LogP contribution in [0.25, 0.3) is 11.1 Å². The summed E-state index contributed by atoms with van der Waals surface area (Å²) in [7, 11) is -1.09. The van der Waals surface area contributed by atoms with Crippen LogP contribution in [-0.2, 0) is 16.4 Å². The van der Waals surface area contributed by atoms with Gasteiger partial charge in [-0.15, -0.1) is 0 Å². The van der Waals surface area contributed by atoms with E-state index in [0.29, 0.717) is 39.4 Å². The molecular formula is C24H23ClFN3O4S2. The van der Waals surface area contributed by atoms with Gasteiger partial charge < -0.3 is 15.4 Å². The number of carbonyl (C=O) groups excluding carboxylic acids is 1. The van der Waals surface area contributed by atoms with Gasteiger partial charge in [0.05, 0.1) is 17.6 Å². The molecule has 184 valence electrons. The number of halogens is 2. The van der Waals surface area contributed by atoms with Crippen molar-refractivity contribution in [3.63, 3.8) is 0 Å². The Morgan fingerprint density at radius 3 is 2.46 bits per heavy atom. The van der Waals surface area contributed by atoms with Crippen molar-refractivity contribution < 1.29 is 22.3 Å². The highest BCUT2D eigenvalue weighted by Crippen LogP contribution is 2.29. The number of sulfonamides is 1. The van der Waals surface area contributed by atoms with Gasteiger partial charge in [0.25, 0.3) is 15.9 Å². The van der Waals surface area contributed by atoms with Gasteiger partial charge in [0, 0.05) is 24.2 Å². The Bertz CT molecular complexity index is 1350. The van der Waals surface area contributed by atoms with E-state index in [1.54, 1.807) is 24.3 Å². The molecule has 3 aromatic rings. The van der Waals surface area contributed by atoms with Gasteiger partial charge in [-0.3, -0.25) is 9.52 Å². The van der Waals surface area contributed by atoms with Crippen LogP contribution in [0.2, 0.25) is 5.02 Å². The van der Waals surface area contributed by atoms with Crippen LogP contribution >= 0.6 is 23.8 Å². The van der Waals surface area contributed by atoms with Crippen LogP contribution in [0.15, 0.2) is 65.6 Å². The molecule has 0 fully saturated rings. The van der Waals surface area contributed by atoms with Crippen LogP contribution in [0.3, 0.4) is 0 Å². The van der Waals surface area contributed by atoms with Crippen LogP contribution in [-0.4, -0.2) is 40.1 Å². The summed E-state index contributed by atoms with van der Waals surface area (Å²) in [5, 5.41) is 5.69. The van der Waals surface area contributed by atoms with Gasteiger partial charge in [-0.2, -0.15) is 0 Å². The molecule has 0 spiro atoms. The maximum Gasteiger partial charge on any atom is 0.264 e. The second kappa shape index (κ2) is 11.5. The standard InChI is InChI=1S/C24H23ClFN3O4S2/c1-27-24(34)29-35(31,32)22-13-15(3-9-19(22)16-4-7-18(26)8-5-16)11-12-28-23(30)20-14-17(25)6-10-21(20)33-2/h3-10,13-14H,11-12H2,1-2H3,(H,28,30)(H2,27,29,34). The first kappa shape index (κ1) is 26.4. The van der Waals surface area contributed by atoms with E-state index in [4.69, 9.17) is 28.6 Å². The molecule has 0 unspecified atom stereocenters. The molecular weight excluding hydrogens is 513 g/mol. The number of hydrogen-bond donors (Lipinski definition) is 3. The number of ether oxygens (including phenoxy) is 1. The summed E-state index contributed by atoms with van der Waals surface area (Å²) in [5.41, 5.74) is 1.85. The molecule has 0 aliphatic carbocycles. The molecule has 0 aromatic heterocycles. The summed E-state index contributed by atoms with van der Waals surface area (Å²) in [5.74, 6) is -0.423. The molecule has 7 nitrogen and oxygen atoms in total. The van der Waals surface area contributed by atoms with Crippen LogP contribution in [0.1, 0.15) is 15.9 Å². The smallest absolute Gasteiger partial charge is 0.264 e. The number of hydrogen-bond acceptors (Lipinski definition) is 5. The van der Waals surface area contributed by atoms with Gasteiger partial charge in [0.2, 0.25) is 0 Å². The Morgan fingerprint density at radius 2 is 1.80 bits per heavy atom. The molecule has 0 atom stereocenters. The van der Waals surface area contributed by atoms with Crippen molar-refractivity contribution in [3.05, 3.63) is 82.6 Å². The average molecular weight is 536 g/mol. The minimum Gasteiger partial charge on any atom is -0.496 e. The lowest BCUT2D eigenvalue weighted by Crippen LogP contribution is -2.37. The van der Waals surface area contributed by atoms with Gasteiger partial charge in [-0.05, 0) is 66.2 Å². The third-order valence-electron chi connectivity index (χ3n) is 5.05. The zero-order valence-electron chi connectivity index (χ0n) is 18.9. The van der Waals surface area contributed by atoms with Crippen molar-refractivity contribution in [3.8, 4) is 16.9 Å². The second-order valence-electron chi connectivity index (χ2n) is 7.37. The predicted molar refractivity (Wildman–Crippen MR) is 138 cm³/mol. The lowest BCUT2D eigenvalue weighted by Gasteiger charge is -2.15. The molecule has 1 amide bonds. The van der Waals surface area contributed by atoms with Crippen molar-refractivity contribution in [2.75, 3.05) is 20.7 Å². The summed E-state index contributed by atoms with van der Waals surface area (Å²) >= 11 is 11.0. The maximum absolute atomic E-state index is 13.4. The zero-order valence-corrected chi connectivity index (χ0v) is 21.3. The van der Waals surface area contributed by atoms with Crippen molar-refractivity contribution in [1.29, 1.82) is 0 Å². The molecule has 0 saturated heterocycles. The van der Waals surface area contributed by atoms with Crippen LogP contribution in [0, 0.1) is 5.82 Å². The molecule has 0 aliphatic heterocycles. The Morgan fingerprint density at radius 1 is 1.09 bits per heavy atom. The quantitative estimate of drug-likeness (QED) is 0.378. The largest absolute Gasteiger partial charge is 0.496 e. The lowest BCUT2D eigenvalue weighted by molar-refractivity contribution is 0.0951. The third kappa shape index (κ3) is 6.68. The molecule has 3 aromatic carbocycles. The zero-order chi connectivity index (χ0) is 25.6. The first-order valence-corrected chi connectivity index (χ1v) is 12.7. The highest BCUT2D eigenvalue weighted by Gasteiger charge is 2.21. The molecule has 0 bridgehead atoms. The van der Waals surface area contributed by atoms with Gasteiger partial charge in [-0.25, -0.2) is 12.8 Å². The van der Waals surface area contributed by atoms with Gasteiger partial charge >= 0.3 is 0 Å². The number of methoxy groups -OCH3 is 1. The first-order valence-electron chi connectivity index (χ1n) is 10.4. The van der Waals surface area contributed by atoms with Crippen molar-refractivity contribution in [2.45, 2.75) is 11.3 Å². The Hall–Kier alpha value is -3.21. The van der Waals surface area contributed by atoms with E-state index < -0.39 is 15.8 Å². The van der Waals surface area contributed by atoms with E-state index in [9.17, 15) is 17.6 Å². The summed E-state index contributed by atoms with van der Waals surface area (Å²) in [4.78, 5) is 12.6. The van der Waals surface area contributed by atoms with Gasteiger partial charge in [0.15, 0.2) is 5.11 Å². The predicted octanol–water partition coefficient (Wildman–Crippen LogP) is 3.91. The molecule has 3 N–H and O–H groups in total. The van der Waals surface area contributed by atoms with Gasteiger partial charge in [-0.1, -0.05) is 35.9 Å². The van der Waals surface area contributed by atoms with E-state index in [1.165, 1.54) is 50.6 Å². The lowest BCUT2D eigenvalue weighted by atomic mass is 10.0. The van der Waals surface area contributed by atoms with Gasteiger partial charge in [0.1, 0.15) is 11.6 Å². The van der Waals surface area contributed by atoms with Crippen LogP contribution < -0.4 is 20.1 Å².